The van der Waals surface area contributed by atoms with Crippen LogP contribution in [0.4, 0.5) is 5.69 Å². The van der Waals surface area contributed by atoms with Gasteiger partial charge in [-0.15, -0.1) is 0 Å². The summed E-state index contributed by atoms with van der Waals surface area (Å²) in [6.07, 6.45) is 0.353. The molecule has 0 atom stereocenters. The molecule has 1 aromatic carbocycles. The molecule has 2 rings (SSSR count). The number of carbonyl (C=O) groups excluding carboxylic acids is 1. The Morgan fingerprint density at radius 2 is 2.45 bits per heavy atom. The van der Waals surface area contributed by atoms with Crippen LogP contribution in [0.1, 0.15) is 5.56 Å². The van der Waals surface area contributed by atoms with Gasteiger partial charge in [0.2, 0.25) is 5.91 Å². The number of fused-ring (bicyclic) bond motifs is 1. The van der Waals surface area contributed by atoms with Crippen molar-refractivity contribution in [2.45, 2.75) is 6.42 Å². The topological polar surface area (TPSA) is 29.1 Å². The van der Waals surface area contributed by atoms with Gasteiger partial charge in [0, 0.05) is 10.2 Å². The number of hydrogen-bond acceptors (Lipinski definition) is 1. The molecular formula is C8H6BrNO. The van der Waals surface area contributed by atoms with Gasteiger partial charge in [-0.1, -0.05) is 22.0 Å². The minimum absolute atomic E-state index is 0.164. The van der Waals surface area contributed by atoms with Crippen molar-refractivity contribution in [2.75, 3.05) is 5.31 Å². The summed E-state index contributed by atoms with van der Waals surface area (Å²) in [5.74, 6) is -0.164. The Kier molecular flexibility index (Phi) is 1.23. The molecule has 1 N–H and O–H groups in total. The third-order valence-corrected chi connectivity index (χ3v) is 2.13. The van der Waals surface area contributed by atoms with E-state index in [0.717, 1.165) is 15.3 Å². The molecule has 3 heteroatoms. The van der Waals surface area contributed by atoms with Gasteiger partial charge in [0.05, 0.1) is 6.42 Å². The van der Waals surface area contributed by atoms with Gasteiger partial charge in [0.1, 0.15) is 0 Å². The zero-order valence-corrected chi connectivity index (χ0v) is 7.26. The van der Waals surface area contributed by atoms with Crippen LogP contribution in [-0.2, 0) is 11.2 Å². The van der Waals surface area contributed by atoms with E-state index in [0.29, 0.717) is 12.1 Å². The molecular weight excluding hydrogens is 206 g/mol. The second-order valence-corrected chi connectivity index (χ2v) is 3.37. The summed E-state index contributed by atoms with van der Waals surface area (Å²) in [6, 6.07) is 5.53. The maximum atomic E-state index is 11.1. The Morgan fingerprint density at radius 3 is 3.27 bits per heavy atom. The van der Waals surface area contributed by atoms with Gasteiger partial charge in [-0.3, -0.25) is 4.79 Å². The lowest BCUT2D eigenvalue weighted by Crippen LogP contribution is -2.03. The van der Waals surface area contributed by atoms with Crippen molar-refractivity contribution in [3.63, 3.8) is 0 Å². The Morgan fingerprint density at radius 1 is 1.64 bits per heavy atom. The number of anilines is 1. The molecule has 1 aliphatic heterocycles. The second kappa shape index (κ2) is 2.34. The van der Waals surface area contributed by atoms with Crippen LogP contribution < -0.4 is 5.31 Å². The molecule has 0 fully saturated rings. The first-order chi connectivity index (χ1) is 5.68. The number of benzene rings is 1. The van der Waals surface area contributed by atoms with Crippen LogP contribution >= 0.6 is 15.9 Å². The minimum Gasteiger partial charge on any atom is -0.325 e. The average molecular weight is 213 g/mol. The highest BCUT2D eigenvalue weighted by atomic mass is 79.9. The number of rotatable bonds is 0. The molecule has 0 bridgehead atoms. The fourth-order valence-corrected chi connectivity index (χ4v) is 1.48. The van der Waals surface area contributed by atoms with Crippen molar-refractivity contribution in [3.05, 3.63) is 28.2 Å². The third kappa shape index (κ3) is 1.16. The van der Waals surface area contributed by atoms with E-state index in [4.69, 9.17) is 1.41 Å². The highest BCUT2D eigenvalue weighted by molar-refractivity contribution is 9.10. The number of carbonyl (C=O) groups is 1. The number of halogens is 1. The summed E-state index contributed by atoms with van der Waals surface area (Å²) >= 11 is 3.29. The van der Waals surface area contributed by atoms with Gasteiger partial charge in [-0.25, -0.2) is 0 Å². The lowest BCUT2D eigenvalue weighted by Gasteiger charge is -1.96. The highest BCUT2D eigenvalue weighted by Crippen LogP contribution is 2.25. The first-order valence-electron chi connectivity index (χ1n) is 3.73. The second-order valence-electron chi connectivity index (χ2n) is 2.46. The van der Waals surface area contributed by atoms with Gasteiger partial charge in [-0.05, 0) is 17.7 Å². The van der Waals surface area contributed by atoms with Crippen molar-refractivity contribution in [1.29, 1.82) is 0 Å². The lowest BCUT2D eigenvalue weighted by molar-refractivity contribution is -0.115. The SMILES string of the molecule is [2H]N1C(=O)Cc2ccc(Br)cc21. The van der Waals surface area contributed by atoms with E-state index in [-0.39, 0.29) is 5.91 Å². The predicted molar refractivity (Wildman–Crippen MR) is 46.5 cm³/mol. The van der Waals surface area contributed by atoms with Gasteiger partial charge < -0.3 is 5.31 Å². The smallest absolute Gasteiger partial charge is 0.228 e. The molecule has 1 heterocycles. The lowest BCUT2D eigenvalue weighted by atomic mass is 10.2. The quantitative estimate of drug-likeness (QED) is 0.700. The van der Waals surface area contributed by atoms with Gasteiger partial charge in [-0.2, -0.15) is 0 Å². The van der Waals surface area contributed by atoms with Gasteiger partial charge >= 0.3 is 0 Å². The molecule has 2 nitrogen and oxygen atoms in total. The number of hydrogen-bond donors (Lipinski definition) is 1. The van der Waals surface area contributed by atoms with Crippen LogP contribution in [-0.4, -0.2) is 5.91 Å². The Bertz CT molecular complexity index is 353. The Balaban J connectivity index is 2.55. The number of amides is 1. The fourth-order valence-electron chi connectivity index (χ4n) is 1.13. The number of nitrogens with one attached hydrogen (secondary N) is 1. The maximum absolute atomic E-state index is 11.1. The molecule has 56 valence electrons. The summed E-state index contributed by atoms with van der Waals surface area (Å²) in [6.45, 7) is 0. The van der Waals surface area contributed by atoms with Crippen molar-refractivity contribution < 1.29 is 6.21 Å². The largest absolute Gasteiger partial charge is 0.325 e. The van der Waals surface area contributed by atoms with E-state index in [1.807, 2.05) is 12.1 Å². The zero-order valence-electron chi connectivity index (χ0n) is 6.67. The van der Waals surface area contributed by atoms with E-state index >= 15 is 0 Å². The van der Waals surface area contributed by atoms with E-state index in [9.17, 15) is 4.79 Å². The van der Waals surface area contributed by atoms with E-state index in [2.05, 4.69) is 15.9 Å². The molecule has 1 aromatic rings. The van der Waals surface area contributed by atoms with Gasteiger partial charge in [0.25, 0.3) is 0 Å². The van der Waals surface area contributed by atoms with Crippen LogP contribution in [0, 0.1) is 0 Å². The Hall–Kier alpha value is -0.830. The normalized spacial score (nSPS) is 16.6. The molecule has 11 heavy (non-hydrogen) atoms. The summed E-state index contributed by atoms with van der Waals surface area (Å²) in [4.78, 5) is 11.1. The predicted octanol–water partition coefficient (Wildman–Crippen LogP) is 1.94. The van der Waals surface area contributed by atoms with E-state index < -0.39 is 0 Å². The van der Waals surface area contributed by atoms with E-state index in [1.165, 1.54) is 0 Å². The Labute approximate surface area is 74.2 Å². The average Bonchev–Trinajstić information content (AvgIpc) is 2.31. The third-order valence-electron chi connectivity index (χ3n) is 1.63. The summed E-state index contributed by atoms with van der Waals surface area (Å²) in [7, 11) is 0. The molecule has 1 aliphatic rings. The molecule has 0 aliphatic carbocycles. The first-order valence-corrected chi connectivity index (χ1v) is 4.08. The van der Waals surface area contributed by atoms with Crippen LogP contribution in [0.5, 0.6) is 0 Å². The summed E-state index contributed by atoms with van der Waals surface area (Å²) in [5, 5.41) is 0.945. The highest BCUT2D eigenvalue weighted by Gasteiger charge is 2.16. The maximum Gasteiger partial charge on any atom is 0.228 e. The van der Waals surface area contributed by atoms with Crippen LogP contribution in [0.15, 0.2) is 22.7 Å². The molecule has 0 spiro atoms. The standard InChI is InChI=1S/C8H6BrNO/c9-6-2-1-5-3-8(11)10-7(5)4-6/h1-2,4H,3H2,(H,10,11)/i/hD. The van der Waals surface area contributed by atoms with Gasteiger partial charge in [0.15, 0.2) is 1.41 Å². The molecule has 0 aromatic heterocycles. The van der Waals surface area contributed by atoms with Crippen molar-refractivity contribution >= 4 is 27.5 Å². The minimum atomic E-state index is -0.164. The van der Waals surface area contributed by atoms with Crippen molar-refractivity contribution in [1.82, 2.24) is 0 Å². The van der Waals surface area contributed by atoms with E-state index in [1.54, 1.807) is 6.07 Å². The molecule has 0 saturated carbocycles. The molecule has 0 radical (unpaired) electrons. The fraction of sp³-hybridized carbons (Fsp3) is 0.125. The monoisotopic (exact) mass is 212 g/mol. The van der Waals surface area contributed by atoms with Crippen molar-refractivity contribution in [3.8, 4) is 0 Å². The van der Waals surface area contributed by atoms with Crippen LogP contribution in [0.3, 0.4) is 0 Å². The summed E-state index contributed by atoms with van der Waals surface area (Å²) in [5.41, 5.74) is 1.62. The molecule has 0 unspecified atom stereocenters. The van der Waals surface area contributed by atoms with Crippen LogP contribution in [0.2, 0.25) is 1.41 Å². The van der Waals surface area contributed by atoms with Crippen LogP contribution in [0.25, 0.3) is 0 Å². The summed E-state index contributed by atoms with van der Waals surface area (Å²) < 4.78 is 8.28. The molecule has 0 saturated heterocycles. The molecule has 1 amide bonds. The zero-order chi connectivity index (χ0) is 8.72. The van der Waals surface area contributed by atoms with Crippen molar-refractivity contribution in [2.24, 2.45) is 0 Å². The first kappa shape index (κ1) is 5.77.